The number of amides is 2. The number of halogens is 1. The minimum absolute atomic E-state index is 0.182. The molecule has 0 aromatic heterocycles. The van der Waals surface area contributed by atoms with Crippen LogP contribution in [-0.4, -0.2) is 50.8 Å². The Bertz CT molecular complexity index is 1060. The molecule has 1 unspecified atom stereocenters. The van der Waals surface area contributed by atoms with Gasteiger partial charge in [0, 0.05) is 29.8 Å². The summed E-state index contributed by atoms with van der Waals surface area (Å²) >= 11 is 5.88. The fourth-order valence-corrected chi connectivity index (χ4v) is 5.56. The van der Waals surface area contributed by atoms with Gasteiger partial charge in [-0.25, -0.2) is 8.42 Å². The van der Waals surface area contributed by atoms with Crippen LogP contribution in [-0.2, 0) is 19.6 Å². The lowest BCUT2D eigenvalue weighted by Gasteiger charge is -2.34. The average molecular weight is 480 g/mol. The summed E-state index contributed by atoms with van der Waals surface area (Å²) in [7, 11) is -2.15. The molecule has 0 spiro atoms. The highest BCUT2D eigenvalue weighted by Gasteiger charge is 2.33. The highest BCUT2D eigenvalue weighted by atomic mass is 35.5. The zero-order valence-corrected chi connectivity index (χ0v) is 19.3. The Morgan fingerprint density at radius 1 is 1.12 bits per heavy atom. The molecule has 2 N–H and O–H groups in total. The first-order chi connectivity index (χ1) is 15.3. The van der Waals surface area contributed by atoms with Crippen LogP contribution in [0.15, 0.2) is 53.4 Å². The molecule has 1 heterocycles. The maximum absolute atomic E-state index is 13.2. The second-order valence-corrected chi connectivity index (χ2v) is 9.78. The first-order valence-electron chi connectivity index (χ1n) is 10.3. The largest absolute Gasteiger partial charge is 0.497 e. The van der Waals surface area contributed by atoms with E-state index in [1.54, 1.807) is 30.3 Å². The number of nitrogens with one attached hydrogen (secondary N) is 2. The van der Waals surface area contributed by atoms with Crippen molar-refractivity contribution >= 4 is 39.1 Å². The highest BCUT2D eigenvalue weighted by molar-refractivity contribution is 7.89. The van der Waals surface area contributed by atoms with Gasteiger partial charge >= 0.3 is 11.8 Å². The van der Waals surface area contributed by atoms with Gasteiger partial charge in [-0.1, -0.05) is 24.1 Å². The van der Waals surface area contributed by atoms with Gasteiger partial charge < -0.3 is 15.4 Å². The molecule has 2 aromatic rings. The fourth-order valence-electron chi connectivity index (χ4n) is 3.65. The minimum atomic E-state index is -3.67. The van der Waals surface area contributed by atoms with Crippen molar-refractivity contribution in [1.29, 1.82) is 0 Å². The Morgan fingerprint density at radius 3 is 2.56 bits per heavy atom. The minimum Gasteiger partial charge on any atom is -0.497 e. The molecule has 0 saturated carbocycles. The highest BCUT2D eigenvalue weighted by Crippen LogP contribution is 2.28. The number of benzene rings is 2. The Labute approximate surface area is 192 Å². The molecule has 1 aliphatic rings. The molecule has 0 radical (unpaired) electrons. The van der Waals surface area contributed by atoms with Gasteiger partial charge in [-0.15, -0.1) is 0 Å². The third kappa shape index (κ3) is 5.99. The van der Waals surface area contributed by atoms with E-state index in [4.69, 9.17) is 16.3 Å². The van der Waals surface area contributed by atoms with Crippen molar-refractivity contribution in [2.75, 3.05) is 25.5 Å². The number of sulfonamides is 1. The van der Waals surface area contributed by atoms with E-state index in [2.05, 4.69) is 10.6 Å². The molecule has 8 nitrogen and oxygen atoms in total. The quantitative estimate of drug-likeness (QED) is 0.594. The first-order valence-corrected chi connectivity index (χ1v) is 12.1. The van der Waals surface area contributed by atoms with Crippen LogP contribution in [0.4, 0.5) is 5.69 Å². The SMILES string of the molecule is COc1ccc(S(=O)(=O)N2CCCCC2CCNC(=O)C(=O)Nc2cccc(Cl)c2)cc1. The first kappa shape index (κ1) is 24.0. The lowest BCUT2D eigenvalue weighted by Crippen LogP contribution is -2.45. The molecule has 2 aromatic carbocycles. The van der Waals surface area contributed by atoms with Gasteiger partial charge in [-0.3, -0.25) is 9.59 Å². The number of hydrogen-bond donors (Lipinski definition) is 2. The number of ether oxygens (including phenoxy) is 1. The van der Waals surface area contributed by atoms with Gasteiger partial charge in [-0.05, 0) is 61.7 Å². The van der Waals surface area contributed by atoms with E-state index in [0.717, 1.165) is 12.8 Å². The Kier molecular flexibility index (Phi) is 8.11. The molecular formula is C22H26ClN3O5S. The summed E-state index contributed by atoms with van der Waals surface area (Å²) in [5, 5.41) is 5.50. The van der Waals surface area contributed by atoms with Crippen LogP contribution in [0.2, 0.25) is 5.02 Å². The van der Waals surface area contributed by atoms with Gasteiger partial charge in [0.2, 0.25) is 10.0 Å². The van der Waals surface area contributed by atoms with Crippen molar-refractivity contribution in [2.45, 2.75) is 36.6 Å². The summed E-state index contributed by atoms with van der Waals surface area (Å²) in [4.78, 5) is 24.4. The number of anilines is 1. The Balaban J connectivity index is 1.57. The molecule has 172 valence electrons. The molecule has 10 heteroatoms. The molecule has 1 atom stereocenters. The molecule has 1 aliphatic heterocycles. The maximum Gasteiger partial charge on any atom is 0.313 e. The topological polar surface area (TPSA) is 105 Å². The Morgan fingerprint density at radius 2 is 1.88 bits per heavy atom. The van der Waals surface area contributed by atoms with Crippen LogP contribution in [0.1, 0.15) is 25.7 Å². The number of carbonyl (C=O) groups excluding carboxylic acids is 2. The summed E-state index contributed by atoms with van der Waals surface area (Å²) in [5.41, 5.74) is 0.418. The van der Waals surface area contributed by atoms with Crippen LogP contribution < -0.4 is 15.4 Å². The third-order valence-electron chi connectivity index (χ3n) is 5.29. The van der Waals surface area contributed by atoms with Gasteiger partial charge in [0.05, 0.1) is 12.0 Å². The van der Waals surface area contributed by atoms with Crippen LogP contribution in [0, 0.1) is 0 Å². The molecular weight excluding hydrogens is 454 g/mol. The van der Waals surface area contributed by atoms with E-state index >= 15 is 0 Å². The van der Waals surface area contributed by atoms with Crippen molar-refractivity contribution in [1.82, 2.24) is 9.62 Å². The number of rotatable bonds is 7. The van der Waals surface area contributed by atoms with E-state index in [0.29, 0.717) is 35.8 Å². The second kappa shape index (κ2) is 10.8. The average Bonchev–Trinajstić information content (AvgIpc) is 2.79. The zero-order chi connectivity index (χ0) is 23.1. The van der Waals surface area contributed by atoms with E-state index in [1.807, 2.05) is 0 Å². The molecule has 1 fully saturated rings. The normalized spacial score (nSPS) is 16.9. The lowest BCUT2D eigenvalue weighted by atomic mass is 10.0. The second-order valence-electron chi connectivity index (χ2n) is 7.45. The summed E-state index contributed by atoms with van der Waals surface area (Å²) in [6.45, 7) is 0.601. The maximum atomic E-state index is 13.2. The standard InChI is InChI=1S/C22H26ClN3O5S/c1-31-19-8-10-20(11-9-19)32(29,30)26-14-3-2-7-18(26)12-13-24-21(27)22(28)25-17-6-4-5-16(23)15-17/h4-6,8-11,15,18H,2-3,7,12-14H2,1H3,(H,24,27)(H,25,28). The van der Waals surface area contributed by atoms with Crippen LogP contribution in [0.25, 0.3) is 0 Å². The lowest BCUT2D eigenvalue weighted by molar-refractivity contribution is -0.136. The van der Waals surface area contributed by atoms with Crippen molar-refractivity contribution in [3.05, 3.63) is 53.6 Å². The van der Waals surface area contributed by atoms with Gasteiger partial charge in [0.1, 0.15) is 5.75 Å². The molecule has 3 rings (SSSR count). The summed E-state index contributed by atoms with van der Waals surface area (Å²) in [5.74, 6) is -1.01. The predicted molar refractivity (Wildman–Crippen MR) is 122 cm³/mol. The van der Waals surface area contributed by atoms with Crippen molar-refractivity contribution in [3.63, 3.8) is 0 Å². The van der Waals surface area contributed by atoms with E-state index < -0.39 is 21.8 Å². The number of methoxy groups -OCH3 is 1. The molecule has 0 bridgehead atoms. The van der Waals surface area contributed by atoms with Gasteiger partial charge in [0.25, 0.3) is 0 Å². The Hall–Kier alpha value is -2.62. The van der Waals surface area contributed by atoms with E-state index in [1.165, 1.54) is 29.6 Å². The number of carbonyl (C=O) groups is 2. The van der Waals surface area contributed by atoms with E-state index in [9.17, 15) is 18.0 Å². The smallest absolute Gasteiger partial charge is 0.313 e. The van der Waals surface area contributed by atoms with Crippen molar-refractivity contribution < 1.29 is 22.7 Å². The molecule has 1 saturated heterocycles. The van der Waals surface area contributed by atoms with Crippen LogP contribution in [0.5, 0.6) is 5.75 Å². The van der Waals surface area contributed by atoms with Crippen molar-refractivity contribution in [3.8, 4) is 5.75 Å². The van der Waals surface area contributed by atoms with Crippen LogP contribution in [0.3, 0.4) is 0 Å². The number of hydrogen-bond acceptors (Lipinski definition) is 5. The summed E-state index contributed by atoms with van der Waals surface area (Å²) in [6.07, 6.45) is 2.79. The number of piperidine rings is 1. The summed E-state index contributed by atoms with van der Waals surface area (Å²) in [6, 6.07) is 12.5. The third-order valence-corrected chi connectivity index (χ3v) is 7.49. The molecule has 2 amide bonds. The van der Waals surface area contributed by atoms with Crippen molar-refractivity contribution in [2.24, 2.45) is 0 Å². The molecule has 0 aliphatic carbocycles. The van der Waals surface area contributed by atoms with Gasteiger partial charge in [0.15, 0.2) is 0 Å². The summed E-state index contributed by atoms with van der Waals surface area (Å²) < 4.78 is 32.9. The van der Waals surface area contributed by atoms with E-state index in [-0.39, 0.29) is 17.5 Å². The van der Waals surface area contributed by atoms with Gasteiger partial charge in [-0.2, -0.15) is 4.31 Å². The predicted octanol–water partition coefficient (Wildman–Crippen LogP) is 3.04. The van der Waals surface area contributed by atoms with Crippen LogP contribution >= 0.6 is 11.6 Å². The number of nitrogens with zero attached hydrogens (tertiary/aromatic N) is 1. The monoisotopic (exact) mass is 479 g/mol. The fraction of sp³-hybridized carbons (Fsp3) is 0.364. The molecule has 32 heavy (non-hydrogen) atoms. The zero-order valence-electron chi connectivity index (χ0n) is 17.7.